The largest absolute Gasteiger partial charge is 0.476 e. The van der Waals surface area contributed by atoms with E-state index in [4.69, 9.17) is 15.6 Å². The Hall–Kier alpha value is -2.09. The third-order valence-electron chi connectivity index (χ3n) is 1.84. The van der Waals surface area contributed by atoms with Crippen LogP contribution in [-0.4, -0.2) is 35.3 Å². The lowest BCUT2D eigenvalue weighted by Crippen LogP contribution is -2.26. The van der Waals surface area contributed by atoms with Crippen LogP contribution in [0.2, 0.25) is 0 Å². The summed E-state index contributed by atoms with van der Waals surface area (Å²) in [6.45, 7) is 3.84. The number of amides is 1. The van der Waals surface area contributed by atoms with E-state index in [1.165, 1.54) is 6.08 Å². The number of nitrogens with zero attached hydrogens (tertiary/aromatic N) is 1. The first-order chi connectivity index (χ1) is 8.54. The molecule has 0 saturated heterocycles. The Balaban J connectivity index is 2.40. The van der Waals surface area contributed by atoms with Gasteiger partial charge < -0.3 is 20.9 Å². The third kappa shape index (κ3) is 4.06. The van der Waals surface area contributed by atoms with E-state index in [-0.39, 0.29) is 17.3 Å². The van der Waals surface area contributed by atoms with Crippen LogP contribution in [0.15, 0.2) is 12.7 Å². The van der Waals surface area contributed by atoms with E-state index in [1.54, 1.807) is 0 Å². The van der Waals surface area contributed by atoms with Gasteiger partial charge >= 0.3 is 12.1 Å². The molecule has 0 unspecified atom stereocenters. The molecule has 7 nitrogen and oxygen atoms in total. The number of aromatic carboxylic acids is 1. The van der Waals surface area contributed by atoms with Crippen LogP contribution in [0.3, 0.4) is 0 Å². The van der Waals surface area contributed by atoms with Crippen LogP contribution >= 0.6 is 11.3 Å². The molecule has 0 aromatic carbocycles. The molecule has 0 radical (unpaired) electrons. The molecule has 0 aliphatic rings. The number of carbonyl (C=O) groups excluding carboxylic acids is 1. The Morgan fingerprint density at radius 3 is 2.89 bits per heavy atom. The molecular formula is C10H13N3O4S. The highest BCUT2D eigenvalue weighted by molar-refractivity contribution is 7.15. The number of nitrogen functional groups attached to an aromatic ring is 1. The number of anilines is 1. The number of hydrogen-bond donors (Lipinski definition) is 3. The molecule has 18 heavy (non-hydrogen) atoms. The Morgan fingerprint density at radius 2 is 2.33 bits per heavy atom. The van der Waals surface area contributed by atoms with Crippen molar-refractivity contribution in [2.24, 2.45) is 0 Å². The predicted octanol–water partition coefficient (Wildman–Crippen LogP) is 0.878. The molecule has 4 N–H and O–H groups in total. The average molecular weight is 271 g/mol. The maximum absolute atomic E-state index is 11.1. The number of nitrogens with two attached hydrogens (primary N) is 1. The molecule has 0 atom stereocenters. The standard InChI is InChI=1S/C10H13N3O4S/c1-2-5-17-10(16)12-4-3-6-13-7(9(14)15)8(11)18-6/h2H,1,3-5,11H2,(H,12,16)(H,14,15). The van der Waals surface area contributed by atoms with Gasteiger partial charge in [0.2, 0.25) is 0 Å². The van der Waals surface area contributed by atoms with Crippen LogP contribution in [0, 0.1) is 0 Å². The first kappa shape index (κ1) is 14.0. The smallest absolute Gasteiger partial charge is 0.407 e. The number of aromatic nitrogens is 1. The minimum atomic E-state index is -1.16. The van der Waals surface area contributed by atoms with Crippen molar-refractivity contribution in [2.75, 3.05) is 18.9 Å². The van der Waals surface area contributed by atoms with Gasteiger partial charge in [0.25, 0.3) is 0 Å². The van der Waals surface area contributed by atoms with E-state index in [1.807, 2.05) is 0 Å². The molecule has 0 saturated carbocycles. The summed E-state index contributed by atoms with van der Waals surface area (Å²) in [5.41, 5.74) is 5.34. The van der Waals surface area contributed by atoms with Gasteiger partial charge in [0.05, 0.1) is 5.01 Å². The maximum Gasteiger partial charge on any atom is 0.407 e. The highest BCUT2D eigenvalue weighted by atomic mass is 32.1. The Morgan fingerprint density at radius 1 is 1.61 bits per heavy atom. The maximum atomic E-state index is 11.1. The highest BCUT2D eigenvalue weighted by Crippen LogP contribution is 2.21. The third-order valence-corrected chi connectivity index (χ3v) is 2.79. The lowest BCUT2D eigenvalue weighted by molar-refractivity contribution is 0.0692. The van der Waals surface area contributed by atoms with Gasteiger partial charge in [0.1, 0.15) is 11.6 Å². The molecule has 1 aromatic heterocycles. The van der Waals surface area contributed by atoms with Gasteiger partial charge in [0, 0.05) is 13.0 Å². The van der Waals surface area contributed by atoms with E-state index >= 15 is 0 Å². The average Bonchev–Trinajstić information content (AvgIpc) is 2.68. The van der Waals surface area contributed by atoms with Gasteiger partial charge in [-0.1, -0.05) is 12.7 Å². The molecule has 0 aliphatic carbocycles. The van der Waals surface area contributed by atoms with Crippen LogP contribution < -0.4 is 11.1 Å². The fourth-order valence-electron chi connectivity index (χ4n) is 1.10. The Kier molecular flexibility index (Phi) is 5.12. The number of hydrogen-bond acceptors (Lipinski definition) is 6. The van der Waals surface area contributed by atoms with Crippen LogP contribution in [0.4, 0.5) is 9.80 Å². The summed E-state index contributed by atoms with van der Waals surface area (Å²) in [7, 11) is 0. The van der Waals surface area contributed by atoms with Crippen LogP contribution in [0.25, 0.3) is 0 Å². The minimum Gasteiger partial charge on any atom is -0.476 e. The molecule has 1 heterocycles. The molecule has 1 amide bonds. The molecule has 1 rings (SSSR count). The molecule has 1 aromatic rings. The fourth-order valence-corrected chi connectivity index (χ4v) is 1.92. The number of rotatable bonds is 6. The molecule has 98 valence electrons. The fraction of sp³-hybridized carbons (Fsp3) is 0.300. The Labute approximate surface area is 107 Å². The summed E-state index contributed by atoms with van der Waals surface area (Å²) >= 11 is 1.09. The van der Waals surface area contributed by atoms with Crippen molar-refractivity contribution in [1.29, 1.82) is 0 Å². The molecule has 8 heteroatoms. The quantitative estimate of drug-likeness (QED) is 0.661. The zero-order valence-corrected chi connectivity index (χ0v) is 10.3. The second-order valence-electron chi connectivity index (χ2n) is 3.19. The molecular weight excluding hydrogens is 258 g/mol. The number of ether oxygens (including phenoxy) is 1. The second kappa shape index (κ2) is 6.60. The van der Waals surface area contributed by atoms with Crippen molar-refractivity contribution in [3.63, 3.8) is 0 Å². The lowest BCUT2D eigenvalue weighted by Gasteiger charge is -2.03. The van der Waals surface area contributed by atoms with E-state index in [0.29, 0.717) is 18.0 Å². The SMILES string of the molecule is C=CCOC(=O)NCCc1nc(C(=O)O)c(N)s1. The number of carboxylic acid groups (broad SMARTS) is 1. The first-order valence-electron chi connectivity index (χ1n) is 5.04. The number of nitrogens with one attached hydrogen (secondary N) is 1. The predicted molar refractivity (Wildman–Crippen MR) is 66.7 cm³/mol. The number of carbonyl (C=O) groups is 2. The van der Waals surface area contributed by atoms with E-state index < -0.39 is 12.1 Å². The van der Waals surface area contributed by atoms with E-state index in [9.17, 15) is 9.59 Å². The normalized spacial score (nSPS) is 9.78. The monoisotopic (exact) mass is 271 g/mol. The summed E-state index contributed by atoms with van der Waals surface area (Å²) in [5, 5.41) is 12.0. The summed E-state index contributed by atoms with van der Waals surface area (Å²) in [6, 6.07) is 0. The summed E-state index contributed by atoms with van der Waals surface area (Å²) in [5.74, 6) is -1.16. The van der Waals surface area contributed by atoms with Crippen LogP contribution in [-0.2, 0) is 11.2 Å². The molecule has 0 fully saturated rings. The van der Waals surface area contributed by atoms with Crippen molar-refractivity contribution < 1.29 is 19.4 Å². The van der Waals surface area contributed by atoms with Gasteiger partial charge in [-0.2, -0.15) is 0 Å². The van der Waals surface area contributed by atoms with Crippen LogP contribution in [0.5, 0.6) is 0 Å². The van der Waals surface area contributed by atoms with Gasteiger partial charge in [-0.15, -0.1) is 11.3 Å². The zero-order chi connectivity index (χ0) is 13.5. The van der Waals surface area contributed by atoms with Crippen molar-refractivity contribution in [1.82, 2.24) is 10.3 Å². The molecule has 0 aliphatic heterocycles. The van der Waals surface area contributed by atoms with Gasteiger partial charge in [-0.3, -0.25) is 0 Å². The molecule has 0 spiro atoms. The summed E-state index contributed by atoms with van der Waals surface area (Å²) in [4.78, 5) is 25.6. The lowest BCUT2D eigenvalue weighted by atomic mass is 10.4. The van der Waals surface area contributed by atoms with Gasteiger partial charge in [-0.05, 0) is 0 Å². The Bertz CT molecular complexity index is 458. The van der Waals surface area contributed by atoms with Crippen molar-refractivity contribution in [2.45, 2.75) is 6.42 Å². The number of thiazole rings is 1. The summed E-state index contributed by atoms with van der Waals surface area (Å²) < 4.78 is 4.69. The highest BCUT2D eigenvalue weighted by Gasteiger charge is 2.14. The number of alkyl carbamates (subject to hydrolysis) is 1. The van der Waals surface area contributed by atoms with Gasteiger partial charge in [-0.25, -0.2) is 14.6 Å². The van der Waals surface area contributed by atoms with Crippen molar-refractivity contribution in [3.05, 3.63) is 23.4 Å². The first-order valence-corrected chi connectivity index (χ1v) is 5.86. The number of carboxylic acids is 1. The molecule has 0 bridgehead atoms. The van der Waals surface area contributed by atoms with Crippen molar-refractivity contribution in [3.8, 4) is 0 Å². The second-order valence-corrected chi connectivity index (χ2v) is 4.30. The topological polar surface area (TPSA) is 115 Å². The minimum absolute atomic E-state index is 0.138. The van der Waals surface area contributed by atoms with Crippen LogP contribution in [0.1, 0.15) is 15.5 Å². The van der Waals surface area contributed by atoms with E-state index in [2.05, 4.69) is 16.9 Å². The van der Waals surface area contributed by atoms with E-state index in [0.717, 1.165) is 11.3 Å². The summed E-state index contributed by atoms with van der Waals surface area (Å²) in [6.07, 6.45) is 1.30. The van der Waals surface area contributed by atoms with Crippen molar-refractivity contribution >= 4 is 28.4 Å². The zero-order valence-electron chi connectivity index (χ0n) is 9.51. The van der Waals surface area contributed by atoms with Gasteiger partial charge in [0.15, 0.2) is 5.69 Å².